The zero-order valence-electron chi connectivity index (χ0n) is 17.8. The van der Waals surface area contributed by atoms with Crippen LogP contribution in [0.1, 0.15) is 117 Å². The number of unbranched alkanes of at least 4 members (excludes halogenated alkanes) is 8. The molecule has 0 aromatic carbocycles. The molecule has 1 aliphatic carbocycles. The Hall–Kier alpha value is -1.38. The van der Waals surface area contributed by atoms with Gasteiger partial charge in [-0.25, -0.2) is 0 Å². The first-order valence-corrected chi connectivity index (χ1v) is 11.4. The van der Waals surface area contributed by atoms with Crippen LogP contribution < -0.4 is 5.32 Å². The first-order valence-electron chi connectivity index (χ1n) is 11.4. The summed E-state index contributed by atoms with van der Waals surface area (Å²) in [5, 5.41) is 2.03. The summed E-state index contributed by atoms with van der Waals surface area (Å²) in [5.74, 6) is -0.657. The number of carbonyl (C=O) groups is 2. The fraction of sp³-hybridized carbons (Fsp3) is 0.750. The maximum atomic E-state index is 10.0. The van der Waals surface area contributed by atoms with Crippen molar-refractivity contribution in [3.05, 3.63) is 23.3 Å². The first-order chi connectivity index (χ1) is 13.2. The zero-order valence-corrected chi connectivity index (χ0v) is 17.8. The second-order valence-corrected chi connectivity index (χ2v) is 7.93. The van der Waals surface area contributed by atoms with Crippen LogP contribution >= 0.6 is 0 Å². The normalized spacial score (nSPS) is 16.4. The molecular weight excluding hydrogens is 334 g/mol. The van der Waals surface area contributed by atoms with Crippen molar-refractivity contribution in [3.63, 3.8) is 0 Å². The Labute approximate surface area is 167 Å². The standard InChI is InChI=1S/C20H38.C4H3NO2/c1-3-5-7-9-11-15-19-17-13-14-18-20(19)16-12-10-8-6-4-2;6-3-1-2-4(7)5-3/h3-18H2,1-2H3;1-2H,(H,5,6,7). The molecule has 0 aromatic rings. The summed E-state index contributed by atoms with van der Waals surface area (Å²) in [4.78, 5) is 20.1. The molecule has 2 aliphatic rings. The summed E-state index contributed by atoms with van der Waals surface area (Å²) in [7, 11) is 0. The van der Waals surface area contributed by atoms with E-state index < -0.39 is 0 Å². The maximum absolute atomic E-state index is 10.0. The molecule has 2 rings (SSSR count). The molecule has 154 valence electrons. The fourth-order valence-electron chi connectivity index (χ4n) is 3.87. The third-order valence-corrected chi connectivity index (χ3v) is 5.50. The lowest BCUT2D eigenvalue weighted by molar-refractivity contribution is -0.123. The van der Waals surface area contributed by atoms with E-state index in [1.165, 1.54) is 115 Å². The average molecular weight is 376 g/mol. The van der Waals surface area contributed by atoms with Gasteiger partial charge < -0.3 is 0 Å². The molecule has 0 bridgehead atoms. The third-order valence-electron chi connectivity index (χ3n) is 5.50. The molecule has 0 spiro atoms. The molecule has 1 heterocycles. The summed E-state index contributed by atoms with van der Waals surface area (Å²) in [6.45, 7) is 4.61. The highest BCUT2D eigenvalue weighted by Crippen LogP contribution is 2.31. The van der Waals surface area contributed by atoms with Gasteiger partial charge in [-0.1, -0.05) is 76.4 Å². The minimum Gasteiger partial charge on any atom is -0.289 e. The van der Waals surface area contributed by atoms with Crippen molar-refractivity contribution in [2.24, 2.45) is 0 Å². The van der Waals surface area contributed by atoms with E-state index in [-0.39, 0.29) is 11.8 Å². The summed E-state index contributed by atoms with van der Waals surface area (Å²) in [6, 6.07) is 0. The summed E-state index contributed by atoms with van der Waals surface area (Å²) < 4.78 is 0. The number of hydrogen-bond acceptors (Lipinski definition) is 2. The van der Waals surface area contributed by atoms with Crippen molar-refractivity contribution in [2.75, 3.05) is 0 Å². The number of allylic oxidation sites excluding steroid dienone is 2. The number of imide groups is 1. The maximum Gasteiger partial charge on any atom is 0.250 e. The molecule has 0 fully saturated rings. The van der Waals surface area contributed by atoms with Gasteiger partial charge in [0.1, 0.15) is 0 Å². The average Bonchev–Trinajstić information content (AvgIpc) is 3.05. The van der Waals surface area contributed by atoms with Crippen LogP contribution in [0.3, 0.4) is 0 Å². The first kappa shape index (κ1) is 23.7. The highest BCUT2D eigenvalue weighted by molar-refractivity contribution is 6.12. The zero-order chi connectivity index (χ0) is 19.7. The number of nitrogens with one attached hydrogen (secondary N) is 1. The molecule has 1 N–H and O–H groups in total. The summed E-state index contributed by atoms with van der Waals surface area (Å²) >= 11 is 0. The molecule has 0 saturated carbocycles. The number of rotatable bonds is 12. The minimum absolute atomic E-state index is 0.329. The molecule has 0 unspecified atom stereocenters. The molecule has 2 amide bonds. The molecule has 3 heteroatoms. The van der Waals surface area contributed by atoms with Crippen molar-refractivity contribution in [1.82, 2.24) is 5.32 Å². The lowest BCUT2D eigenvalue weighted by atomic mass is 9.86. The Morgan fingerprint density at radius 3 is 1.41 bits per heavy atom. The van der Waals surface area contributed by atoms with Gasteiger partial charge in [-0.3, -0.25) is 14.9 Å². The van der Waals surface area contributed by atoms with E-state index in [9.17, 15) is 9.59 Å². The largest absolute Gasteiger partial charge is 0.289 e. The Balaban J connectivity index is 0.000000433. The predicted molar refractivity (Wildman–Crippen MR) is 115 cm³/mol. The quantitative estimate of drug-likeness (QED) is 0.232. The molecule has 27 heavy (non-hydrogen) atoms. The van der Waals surface area contributed by atoms with Crippen molar-refractivity contribution in [2.45, 2.75) is 117 Å². The molecule has 1 aliphatic heterocycles. The predicted octanol–water partition coefficient (Wildman–Crippen LogP) is 6.78. The van der Waals surface area contributed by atoms with Crippen molar-refractivity contribution < 1.29 is 9.59 Å². The van der Waals surface area contributed by atoms with Crippen molar-refractivity contribution >= 4 is 11.8 Å². The van der Waals surface area contributed by atoms with Gasteiger partial charge in [-0.2, -0.15) is 0 Å². The molecule has 0 radical (unpaired) electrons. The van der Waals surface area contributed by atoms with Gasteiger partial charge in [-0.05, 0) is 51.4 Å². The fourth-order valence-corrected chi connectivity index (χ4v) is 3.87. The van der Waals surface area contributed by atoms with Gasteiger partial charge in [-0.15, -0.1) is 0 Å². The Bertz CT molecular complexity index is 449. The topological polar surface area (TPSA) is 46.2 Å². The van der Waals surface area contributed by atoms with E-state index in [0.717, 1.165) is 0 Å². The number of hydrogen-bond donors (Lipinski definition) is 1. The van der Waals surface area contributed by atoms with Crippen LogP contribution in [0.25, 0.3) is 0 Å². The van der Waals surface area contributed by atoms with Crippen LogP contribution in [0.5, 0.6) is 0 Å². The lowest BCUT2D eigenvalue weighted by Crippen LogP contribution is -2.19. The minimum atomic E-state index is -0.329. The van der Waals surface area contributed by atoms with Gasteiger partial charge in [0.15, 0.2) is 0 Å². The van der Waals surface area contributed by atoms with Crippen molar-refractivity contribution in [1.29, 1.82) is 0 Å². The SMILES string of the molecule is CCCCCCCC1=C(CCCCCCC)CCCC1.O=C1C=CC(=O)N1. The van der Waals surface area contributed by atoms with E-state index >= 15 is 0 Å². The highest BCUT2D eigenvalue weighted by atomic mass is 16.2. The van der Waals surface area contributed by atoms with Crippen LogP contribution in [-0.4, -0.2) is 11.8 Å². The molecule has 0 atom stereocenters. The van der Waals surface area contributed by atoms with Gasteiger partial charge in [0.2, 0.25) is 0 Å². The smallest absolute Gasteiger partial charge is 0.250 e. The van der Waals surface area contributed by atoms with E-state index in [2.05, 4.69) is 13.8 Å². The third kappa shape index (κ3) is 11.8. The van der Waals surface area contributed by atoms with Gasteiger partial charge >= 0.3 is 0 Å². The summed E-state index contributed by atoms with van der Waals surface area (Å²) in [5.41, 5.74) is 3.76. The number of amides is 2. The number of carbonyl (C=O) groups excluding carboxylic acids is 2. The Morgan fingerprint density at radius 1 is 0.667 bits per heavy atom. The second-order valence-electron chi connectivity index (χ2n) is 7.93. The van der Waals surface area contributed by atoms with E-state index in [4.69, 9.17) is 0 Å². The van der Waals surface area contributed by atoms with E-state index in [0.29, 0.717) is 0 Å². The highest BCUT2D eigenvalue weighted by Gasteiger charge is 2.12. The van der Waals surface area contributed by atoms with E-state index in [1.54, 1.807) is 0 Å². The Kier molecular flexibility index (Phi) is 13.7. The molecule has 0 aromatic heterocycles. The second kappa shape index (κ2) is 15.7. The molecule has 3 nitrogen and oxygen atoms in total. The van der Waals surface area contributed by atoms with Crippen molar-refractivity contribution in [3.8, 4) is 0 Å². The van der Waals surface area contributed by atoms with Crippen LogP contribution in [0, 0.1) is 0 Å². The monoisotopic (exact) mass is 375 g/mol. The lowest BCUT2D eigenvalue weighted by Gasteiger charge is -2.21. The van der Waals surface area contributed by atoms with Gasteiger partial charge in [0, 0.05) is 12.2 Å². The molecule has 0 saturated heterocycles. The summed E-state index contributed by atoms with van der Waals surface area (Å²) in [6.07, 6.45) is 25.4. The van der Waals surface area contributed by atoms with Crippen LogP contribution in [0.15, 0.2) is 23.3 Å². The van der Waals surface area contributed by atoms with Gasteiger partial charge in [0.05, 0.1) is 0 Å². The van der Waals surface area contributed by atoms with Crippen LogP contribution in [0.2, 0.25) is 0 Å². The van der Waals surface area contributed by atoms with Crippen LogP contribution in [0.4, 0.5) is 0 Å². The molecular formula is C24H41NO2. The van der Waals surface area contributed by atoms with Gasteiger partial charge in [0.25, 0.3) is 11.8 Å². The Morgan fingerprint density at radius 2 is 1.07 bits per heavy atom. The van der Waals surface area contributed by atoms with Crippen LogP contribution in [-0.2, 0) is 9.59 Å². The van der Waals surface area contributed by atoms with E-state index in [1.807, 2.05) is 16.5 Å².